The summed E-state index contributed by atoms with van der Waals surface area (Å²) in [5.41, 5.74) is 0.323. The van der Waals surface area contributed by atoms with Gasteiger partial charge >= 0.3 is 0 Å². The molecule has 5 heteroatoms. The number of benzene rings is 1. The Bertz CT molecular complexity index is 613. The second kappa shape index (κ2) is 9.28. The molecule has 1 aromatic carbocycles. The number of rotatable bonds is 8. The van der Waals surface area contributed by atoms with Crippen molar-refractivity contribution in [3.05, 3.63) is 22.2 Å². The Morgan fingerprint density at radius 3 is 1.96 bits per heavy atom. The van der Waals surface area contributed by atoms with Crippen molar-refractivity contribution in [3.63, 3.8) is 0 Å². The molecule has 124 valence electrons. The van der Waals surface area contributed by atoms with Gasteiger partial charge in [-0.3, -0.25) is 0 Å². The molecule has 0 aliphatic rings. The van der Waals surface area contributed by atoms with Crippen LogP contribution in [-0.4, -0.2) is 13.2 Å². The maximum Gasteiger partial charge on any atom is 0.157 e. The lowest BCUT2D eigenvalue weighted by Crippen LogP contribution is -2.07. The molecule has 1 rings (SSSR count). The van der Waals surface area contributed by atoms with Crippen molar-refractivity contribution in [3.8, 4) is 23.6 Å². The van der Waals surface area contributed by atoms with Gasteiger partial charge in [-0.05, 0) is 24.7 Å². The molecule has 0 N–H and O–H groups in total. The molecular formula is C18H23ClN2O2. The average Bonchev–Trinajstić information content (AvgIpc) is 2.47. The Morgan fingerprint density at radius 1 is 0.957 bits per heavy atom. The third-order valence-electron chi connectivity index (χ3n) is 3.32. The normalized spacial score (nSPS) is 10.5. The second-order valence-electron chi connectivity index (χ2n) is 6.22. The predicted molar refractivity (Wildman–Crippen MR) is 90.8 cm³/mol. The summed E-state index contributed by atoms with van der Waals surface area (Å²) in [6, 6.07) is 5.62. The van der Waals surface area contributed by atoms with E-state index < -0.39 is 0 Å². The summed E-state index contributed by atoms with van der Waals surface area (Å²) >= 11 is 6.23. The van der Waals surface area contributed by atoms with Crippen molar-refractivity contribution in [2.75, 3.05) is 13.2 Å². The standard InChI is InChI=1S/C18H23ClN2O2/c1-12(2)5-7-22-17-9-16(19)18(23-8-6-13(3)4)15(11-21)14(17)10-20/h9,12-13H,5-8H2,1-4H3. The van der Waals surface area contributed by atoms with Crippen LogP contribution in [0.1, 0.15) is 51.7 Å². The Kier molecular flexibility index (Phi) is 7.72. The molecule has 0 bridgehead atoms. The summed E-state index contributed by atoms with van der Waals surface area (Å²) < 4.78 is 11.3. The first-order valence-corrected chi connectivity index (χ1v) is 8.20. The summed E-state index contributed by atoms with van der Waals surface area (Å²) in [7, 11) is 0. The molecule has 0 aliphatic carbocycles. The Labute approximate surface area is 143 Å². The Morgan fingerprint density at radius 2 is 1.48 bits per heavy atom. The van der Waals surface area contributed by atoms with Gasteiger partial charge in [0.25, 0.3) is 0 Å². The highest BCUT2D eigenvalue weighted by atomic mass is 35.5. The van der Waals surface area contributed by atoms with Crippen molar-refractivity contribution < 1.29 is 9.47 Å². The molecular weight excluding hydrogens is 312 g/mol. The number of ether oxygens (including phenoxy) is 2. The van der Waals surface area contributed by atoms with Crippen LogP contribution in [0.25, 0.3) is 0 Å². The lowest BCUT2D eigenvalue weighted by atomic mass is 10.1. The fourth-order valence-corrected chi connectivity index (χ4v) is 2.13. The largest absolute Gasteiger partial charge is 0.492 e. The monoisotopic (exact) mass is 334 g/mol. The highest BCUT2D eigenvalue weighted by Gasteiger charge is 2.20. The minimum Gasteiger partial charge on any atom is -0.492 e. The number of hydrogen-bond donors (Lipinski definition) is 0. The van der Waals surface area contributed by atoms with E-state index >= 15 is 0 Å². The fourth-order valence-electron chi connectivity index (χ4n) is 1.88. The number of hydrogen-bond acceptors (Lipinski definition) is 4. The zero-order valence-corrected chi connectivity index (χ0v) is 14.9. The van der Waals surface area contributed by atoms with E-state index in [1.165, 1.54) is 0 Å². The van der Waals surface area contributed by atoms with Crippen LogP contribution in [0, 0.1) is 34.5 Å². The van der Waals surface area contributed by atoms with Crippen molar-refractivity contribution in [2.24, 2.45) is 11.8 Å². The predicted octanol–water partition coefficient (Wildman–Crippen LogP) is 4.93. The molecule has 0 spiro atoms. The number of nitriles is 2. The molecule has 1 aromatic rings. The van der Waals surface area contributed by atoms with Gasteiger partial charge in [0.05, 0.1) is 18.2 Å². The van der Waals surface area contributed by atoms with Crippen LogP contribution in [0.15, 0.2) is 6.07 Å². The van der Waals surface area contributed by atoms with Crippen LogP contribution in [-0.2, 0) is 0 Å². The molecule has 0 saturated heterocycles. The molecule has 0 atom stereocenters. The minimum absolute atomic E-state index is 0.142. The van der Waals surface area contributed by atoms with E-state index in [0.29, 0.717) is 35.8 Å². The quantitative estimate of drug-likeness (QED) is 0.675. The van der Waals surface area contributed by atoms with Crippen molar-refractivity contribution in [1.29, 1.82) is 10.5 Å². The van der Waals surface area contributed by atoms with Gasteiger partial charge in [0, 0.05) is 6.07 Å². The summed E-state index contributed by atoms with van der Waals surface area (Å²) in [5.74, 6) is 1.58. The van der Waals surface area contributed by atoms with Gasteiger partial charge in [-0.1, -0.05) is 39.3 Å². The first-order valence-electron chi connectivity index (χ1n) is 7.83. The molecule has 0 saturated carbocycles. The molecule has 0 heterocycles. The minimum atomic E-state index is 0.142. The second-order valence-corrected chi connectivity index (χ2v) is 6.63. The van der Waals surface area contributed by atoms with Crippen molar-refractivity contribution in [1.82, 2.24) is 0 Å². The molecule has 0 unspecified atom stereocenters. The summed E-state index contributed by atoms with van der Waals surface area (Å²) in [4.78, 5) is 0. The number of halogens is 1. The van der Waals surface area contributed by atoms with E-state index in [0.717, 1.165) is 12.8 Å². The third-order valence-corrected chi connectivity index (χ3v) is 3.60. The molecule has 0 fully saturated rings. The van der Waals surface area contributed by atoms with Gasteiger partial charge in [0.1, 0.15) is 29.0 Å². The Balaban J connectivity index is 3.06. The van der Waals surface area contributed by atoms with Crippen molar-refractivity contribution >= 4 is 11.6 Å². The van der Waals surface area contributed by atoms with E-state index in [4.69, 9.17) is 21.1 Å². The summed E-state index contributed by atoms with van der Waals surface area (Å²) in [6.07, 6.45) is 1.70. The van der Waals surface area contributed by atoms with Crippen LogP contribution < -0.4 is 9.47 Å². The van der Waals surface area contributed by atoms with Crippen LogP contribution in [0.2, 0.25) is 5.02 Å². The smallest absolute Gasteiger partial charge is 0.157 e. The van der Waals surface area contributed by atoms with Gasteiger partial charge in [-0.15, -0.1) is 0 Å². The van der Waals surface area contributed by atoms with E-state index in [9.17, 15) is 10.5 Å². The lowest BCUT2D eigenvalue weighted by Gasteiger charge is -2.15. The number of nitrogens with zero attached hydrogens (tertiary/aromatic N) is 2. The topological polar surface area (TPSA) is 66.0 Å². The van der Waals surface area contributed by atoms with Crippen LogP contribution >= 0.6 is 11.6 Å². The molecule has 23 heavy (non-hydrogen) atoms. The Hall–Kier alpha value is -1.91. The maximum atomic E-state index is 9.41. The van der Waals surface area contributed by atoms with Crippen LogP contribution in [0.5, 0.6) is 11.5 Å². The molecule has 0 aromatic heterocycles. The zero-order valence-electron chi connectivity index (χ0n) is 14.1. The fraction of sp³-hybridized carbons (Fsp3) is 0.556. The molecule has 4 nitrogen and oxygen atoms in total. The van der Waals surface area contributed by atoms with Gasteiger partial charge in [0.2, 0.25) is 0 Å². The SMILES string of the molecule is CC(C)CCOc1cc(Cl)c(OCCC(C)C)c(C#N)c1C#N. The first kappa shape index (κ1) is 19.1. The average molecular weight is 335 g/mol. The third kappa shape index (κ3) is 5.66. The van der Waals surface area contributed by atoms with Gasteiger partial charge in [-0.2, -0.15) is 10.5 Å². The molecule has 0 aliphatic heterocycles. The van der Waals surface area contributed by atoms with E-state index in [1.54, 1.807) is 6.07 Å². The van der Waals surface area contributed by atoms with Crippen molar-refractivity contribution in [2.45, 2.75) is 40.5 Å². The van der Waals surface area contributed by atoms with Gasteiger partial charge < -0.3 is 9.47 Å². The lowest BCUT2D eigenvalue weighted by molar-refractivity contribution is 0.281. The van der Waals surface area contributed by atoms with Gasteiger partial charge in [0.15, 0.2) is 5.75 Å². The zero-order chi connectivity index (χ0) is 17.4. The molecule has 0 radical (unpaired) electrons. The highest BCUT2D eigenvalue weighted by molar-refractivity contribution is 6.32. The summed E-state index contributed by atoms with van der Waals surface area (Å²) in [5, 5.41) is 19.1. The highest BCUT2D eigenvalue weighted by Crippen LogP contribution is 2.37. The van der Waals surface area contributed by atoms with Gasteiger partial charge in [-0.25, -0.2) is 0 Å². The maximum absolute atomic E-state index is 9.41. The van der Waals surface area contributed by atoms with Crippen LogP contribution in [0.3, 0.4) is 0 Å². The van der Waals surface area contributed by atoms with E-state index in [2.05, 4.69) is 27.7 Å². The van der Waals surface area contributed by atoms with E-state index in [1.807, 2.05) is 12.1 Å². The van der Waals surface area contributed by atoms with Crippen LogP contribution in [0.4, 0.5) is 0 Å². The first-order chi connectivity index (χ1) is 10.9. The summed E-state index contributed by atoms with van der Waals surface area (Å²) in [6.45, 7) is 9.28. The molecule has 0 amide bonds. The van der Waals surface area contributed by atoms with E-state index in [-0.39, 0.29) is 16.9 Å².